The topological polar surface area (TPSA) is 139 Å². The van der Waals surface area contributed by atoms with E-state index in [0.717, 1.165) is 5.56 Å². The van der Waals surface area contributed by atoms with Crippen LogP contribution in [-0.4, -0.2) is 51.8 Å². The number of aromatic nitrogens is 2. The number of rotatable bonds is 8. The van der Waals surface area contributed by atoms with Gasteiger partial charge in [0, 0.05) is 17.5 Å². The van der Waals surface area contributed by atoms with Crippen molar-refractivity contribution >= 4 is 28.6 Å². The highest BCUT2D eigenvalue weighted by Gasteiger charge is 2.34. The molecule has 1 unspecified atom stereocenters. The third-order valence-electron chi connectivity index (χ3n) is 5.31. The van der Waals surface area contributed by atoms with Crippen LogP contribution in [0.1, 0.15) is 47.2 Å². The Hall–Kier alpha value is -3.79. The second-order valence-electron chi connectivity index (χ2n) is 9.02. The molecule has 10 heteroatoms. The maximum absolute atomic E-state index is 14.1. The summed E-state index contributed by atoms with van der Waals surface area (Å²) in [6, 6.07) is 9.74. The van der Waals surface area contributed by atoms with Crippen LogP contribution in [-0.2, 0) is 11.3 Å². The quantitative estimate of drug-likeness (QED) is 0.397. The van der Waals surface area contributed by atoms with E-state index in [1.54, 1.807) is 49.7 Å². The Bertz CT molecular complexity index is 1210. The number of carbonyl (C=O) groups is 3. The van der Waals surface area contributed by atoms with E-state index >= 15 is 0 Å². The molecule has 0 aliphatic heterocycles. The molecule has 0 aliphatic carbocycles. The Labute approximate surface area is 196 Å². The normalized spacial score (nSPS) is 12.4. The van der Waals surface area contributed by atoms with Crippen LogP contribution < -0.4 is 16.4 Å². The molecule has 3 rings (SSSR count). The zero-order valence-electron chi connectivity index (χ0n) is 19.3. The number of hydrogen-bond acceptors (Lipinski definition) is 5. The van der Waals surface area contributed by atoms with Gasteiger partial charge in [-0.2, -0.15) is 5.10 Å². The molecule has 1 heterocycles. The summed E-state index contributed by atoms with van der Waals surface area (Å²) in [4.78, 5) is 37.1. The molecular formula is C24H28FN5O4. The minimum absolute atomic E-state index is 0.0209. The minimum atomic E-state index is -0.915. The molecule has 34 heavy (non-hydrogen) atoms. The second-order valence-corrected chi connectivity index (χ2v) is 9.02. The average Bonchev–Trinajstić information content (AvgIpc) is 3.12. The Morgan fingerprint density at radius 3 is 2.41 bits per heavy atom. The van der Waals surface area contributed by atoms with Crippen LogP contribution in [0.15, 0.2) is 42.5 Å². The first kappa shape index (κ1) is 24.8. The number of aliphatic hydroxyl groups excluding tert-OH is 1. The maximum atomic E-state index is 14.1. The number of amides is 3. The van der Waals surface area contributed by atoms with Crippen molar-refractivity contribution in [2.45, 2.75) is 33.4 Å². The van der Waals surface area contributed by atoms with E-state index in [0.29, 0.717) is 16.5 Å². The zero-order chi connectivity index (χ0) is 25.0. The Balaban J connectivity index is 1.95. The monoisotopic (exact) mass is 469 g/mol. The van der Waals surface area contributed by atoms with E-state index in [1.807, 2.05) is 0 Å². The zero-order valence-corrected chi connectivity index (χ0v) is 19.3. The molecule has 3 amide bonds. The molecule has 1 aromatic heterocycles. The predicted octanol–water partition coefficient (Wildman–Crippen LogP) is 1.58. The van der Waals surface area contributed by atoms with Crippen LogP contribution in [0.25, 0.3) is 10.9 Å². The van der Waals surface area contributed by atoms with Gasteiger partial charge in [-0.3, -0.25) is 19.1 Å². The molecule has 5 N–H and O–H groups in total. The smallest absolute Gasteiger partial charge is 0.273 e. The van der Waals surface area contributed by atoms with E-state index in [2.05, 4.69) is 15.7 Å². The molecule has 2 aromatic carbocycles. The van der Waals surface area contributed by atoms with Crippen LogP contribution in [0, 0.1) is 11.2 Å². The third-order valence-corrected chi connectivity index (χ3v) is 5.31. The summed E-state index contributed by atoms with van der Waals surface area (Å²) < 4.78 is 15.6. The van der Waals surface area contributed by atoms with Gasteiger partial charge < -0.3 is 21.5 Å². The van der Waals surface area contributed by atoms with E-state index in [9.17, 15) is 18.8 Å². The Kier molecular flexibility index (Phi) is 7.31. The SMILES string of the molecule is CC(C)(C)C(NC(=O)c1nn(Cc2ccc(C(N)=O)cc2)c2ccc(F)cc12)C(=O)NCCO. The van der Waals surface area contributed by atoms with E-state index < -0.39 is 35.0 Å². The number of aliphatic hydroxyl groups is 1. The van der Waals surface area contributed by atoms with Crippen molar-refractivity contribution in [1.82, 2.24) is 20.4 Å². The van der Waals surface area contributed by atoms with Crippen LogP contribution in [0.3, 0.4) is 0 Å². The second kappa shape index (κ2) is 10.0. The third kappa shape index (κ3) is 5.57. The van der Waals surface area contributed by atoms with Crippen LogP contribution in [0.4, 0.5) is 4.39 Å². The van der Waals surface area contributed by atoms with Crippen molar-refractivity contribution < 1.29 is 23.9 Å². The van der Waals surface area contributed by atoms with Crippen molar-refractivity contribution in [2.24, 2.45) is 11.1 Å². The molecule has 9 nitrogen and oxygen atoms in total. The van der Waals surface area contributed by atoms with Crippen LogP contribution >= 0.6 is 0 Å². The maximum Gasteiger partial charge on any atom is 0.273 e. The van der Waals surface area contributed by atoms with E-state index in [4.69, 9.17) is 10.8 Å². The molecule has 1 atom stereocenters. The van der Waals surface area contributed by atoms with Crippen LogP contribution in [0.2, 0.25) is 0 Å². The van der Waals surface area contributed by atoms with E-state index in [1.165, 1.54) is 18.2 Å². The highest BCUT2D eigenvalue weighted by molar-refractivity contribution is 6.06. The fourth-order valence-electron chi connectivity index (χ4n) is 3.54. The van der Waals surface area contributed by atoms with Gasteiger partial charge >= 0.3 is 0 Å². The number of nitrogens with zero attached hydrogens (tertiary/aromatic N) is 2. The summed E-state index contributed by atoms with van der Waals surface area (Å²) in [7, 11) is 0. The van der Waals surface area contributed by atoms with E-state index in [-0.39, 0.29) is 25.4 Å². The van der Waals surface area contributed by atoms with Crippen molar-refractivity contribution in [3.05, 3.63) is 65.1 Å². The van der Waals surface area contributed by atoms with Gasteiger partial charge in [-0.1, -0.05) is 32.9 Å². The van der Waals surface area contributed by atoms with Gasteiger partial charge in [0.25, 0.3) is 5.91 Å². The van der Waals surface area contributed by atoms with Gasteiger partial charge in [0.15, 0.2) is 5.69 Å². The molecule has 0 bridgehead atoms. The summed E-state index contributed by atoms with van der Waals surface area (Å²) in [5.74, 6) is -2.14. The molecule has 0 saturated heterocycles. The molecule has 0 radical (unpaired) electrons. The number of carbonyl (C=O) groups excluding carboxylic acids is 3. The summed E-state index contributed by atoms with van der Waals surface area (Å²) in [5, 5.41) is 19.0. The first-order valence-electron chi connectivity index (χ1n) is 10.8. The lowest BCUT2D eigenvalue weighted by Crippen LogP contribution is -2.54. The van der Waals surface area contributed by atoms with Crippen LogP contribution in [0.5, 0.6) is 0 Å². The molecular weight excluding hydrogens is 441 g/mol. The number of fused-ring (bicyclic) bond motifs is 1. The number of nitrogens with two attached hydrogens (primary N) is 1. The number of primary amides is 1. The van der Waals surface area contributed by atoms with Crippen molar-refractivity contribution in [3.63, 3.8) is 0 Å². The first-order valence-corrected chi connectivity index (χ1v) is 10.8. The summed E-state index contributed by atoms with van der Waals surface area (Å²) in [6.07, 6.45) is 0. The molecule has 0 fully saturated rings. The average molecular weight is 470 g/mol. The summed E-state index contributed by atoms with van der Waals surface area (Å²) in [6.45, 7) is 5.46. The lowest BCUT2D eigenvalue weighted by atomic mass is 9.86. The minimum Gasteiger partial charge on any atom is -0.395 e. The first-order chi connectivity index (χ1) is 16.0. The Morgan fingerprint density at radius 1 is 1.15 bits per heavy atom. The van der Waals surface area contributed by atoms with Crippen molar-refractivity contribution in [1.29, 1.82) is 0 Å². The molecule has 0 saturated carbocycles. The highest BCUT2D eigenvalue weighted by atomic mass is 19.1. The number of nitrogens with one attached hydrogen (secondary N) is 2. The largest absolute Gasteiger partial charge is 0.395 e. The molecule has 0 aliphatic rings. The van der Waals surface area contributed by atoms with Gasteiger partial charge in [0.2, 0.25) is 11.8 Å². The van der Waals surface area contributed by atoms with Crippen molar-refractivity contribution in [3.8, 4) is 0 Å². The number of hydrogen-bond donors (Lipinski definition) is 4. The fourth-order valence-corrected chi connectivity index (χ4v) is 3.54. The number of benzene rings is 2. The lowest BCUT2D eigenvalue weighted by Gasteiger charge is -2.30. The van der Waals surface area contributed by atoms with Gasteiger partial charge in [0.05, 0.1) is 18.7 Å². The lowest BCUT2D eigenvalue weighted by molar-refractivity contribution is -0.125. The van der Waals surface area contributed by atoms with Gasteiger partial charge in [-0.05, 0) is 41.3 Å². The summed E-state index contributed by atoms with van der Waals surface area (Å²) in [5.41, 5.74) is 6.31. The molecule has 0 spiro atoms. The standard InChI is InChI=1S/C24H28FN5O4/c1-24(2,3)20(23(34)27-10-11-31)28-22(33)19-17-12-16(25)8-9-18(17)30(29-19)13-14-4-6-15(7-5-14)21(26)32/h4-9,12,20,31H,10-11,13H2,1-3H3,(H2,26,32)(H,27,34)(H,28,33). The molecule has 3 aromatic rings. The fraction of sp³-hybridized carbons (Fsp3) is 0.333. The van der Waals surface area contributed by atoms with Gasteiger partial charge in [-0.15, -0.1) is 0 Å². The predicted molar refractivity (Wildman–Crippen MR) is 125 cm³/mol. The number of halogens is 1. The Morgan fingerprint density at radius 2 is 1.82 bits per heavy atom. The molecule has 180 valence electrons. The summed E-state index contributed by atoms with van der Waals surface area (Å²) >= 11 is 0. The van der Waals surface area contributed by atoms with Crippen molar-refractivity contribution in [2.75, 3.05) is 13.2 Å². The highest BCUT2D eigenvalue weighted by Crippen LogP contribution is 2.24. The van der Waals surface area contributed by atoms with Gasteiger partial charge in [-0.25, -0.2) is 4.39 Å². The van der Waals surface area contributed by atoms with Gasteiger partial charge in [0.1, 0.15) is 11.9 Å².